The van der Waals surface area contributed by atoms with E-state index in [1.807, 2.05) is 0 Å². The van der Waals surface area contributed by atoms with E-state index in [0.717, 1.165) is 24.8 Å². The first-order valence-corrected chi connectivity index (χ1v) is 5.65. The number of anilines is 2. The lowest BCUT2D eigenvalue weighted by Crippen LogP contribution is -2.21. The quantitative estimate of drug-likeness (QED) is 0.818. The van der Waals surface area contributed by atoms with Crippen molar-refractivity contribution in [1.82, 2.24) is 4.98 Å². The van der Waals surface area contributed by atoms with Gasteiger partial charge < -0.3 is 10.6 Å². The highest BCUT2D eigenvalue weighted by Gasteiger charge is 2.23. The van der Waals surface area contributed by atoms with E-state index in [2.05, 4.69) is 22.9 Å². The van der Waals surface area contributed by atoms with E-state index < -0.39 is 0 Å². The van der Waals surface area contributed by atoms with Gasteiger partial charge in [0.2, 0.25) is 0 Å². The predicted molar refractivity (Wildman–Crippen MR) is 64.0 cm³/mol. The van der Waals surface area contributed by atoms with Crippen molar-refractivity contribution < 1.29 is 0 Å². The van der Waals surface area contributed by atoms with Crippen LogP contribution >= 0.6 is 0 Å². The van der Waals surface area contributed by atoms with Crippen LogP contribution in [0.2, 0.25) is 0 Å². The Balaban J connectivity index is 2.25. The molecule has 1 fully saturated rings. The van der Waals surface area contributed by atoms with Crippen molar-refractivity contribution in [2.45, 2.75) is 19.8 Å². The molecule has 1 saturated heterocycles. The molecule has 0 aliphatic carbocycles. The molecule has 2 rings (SSSR count). The van der Waals surface area contributed by atoms with E-state index in [1.54, 1.807) is 12.3 Å². The Morgan fingerprint density at radius 1 is 1.69 bits per heavy atom. The normalized spacial score (nSPS) is 19.8. The number of pyridine rings is 1. The summed E-state index contributed by atoms with van der Waals surface area (Å²) in [6.45, 7) is 4.20. The van der Waals surface area contributed by atoms with Gasteiger partial charge >= 0.3 is 0 Å². The second kappa shape index (κ2) is 4.40. The summed E-state index contributed by atoms with van der Waals surface area (Å²) in [5, 5.41) is 9.05. The summed E-state index contributed by atoms with van der Waals surface area (Å²) in [6.07, 6.45) is 4.00. The summed E-state index contributed by atoms with van der Waals surface area (Å²) >= 11 is 0. The first kappa shape index (κ1) is 10.7. The van der Waals surface area contributed by atoms with Gasteiger partial charge in [-0.3, -0.25) is 0 Å². The minimum absolute atomic E-state index is 0.548. The fourth-order valence-corrected chi connectivity index (χ4v) is 2.17. The number of nitriles is 1. The van der Waals surface area contributed by atoms with E-state index in [4.69, 9.17) is 11.0 Å². The lowest BCUT2D eigenvalue weighted by Gasteiger charge is -2.18. The van der Waals surface area contributed by atoms with Crippen molar-refractivity contribution in [3.8, 4) is 6.07 Å². The highest BCUT2D eigenvalue weighted by molar-refractivity contribution is 5.59. The Kier molecular flexibility index (Phi) is 2.95. The molecule has 0 amide bonds. The molecule has 2 heterocycles. The molecule has 4 heteroatoms. The number of rotatable bonds is 2. The van der Waals surface area contributed by atoms with Gasteiger partial charge in [0.15, 0.2) is 0 Å². The zero-order chi connectivity index (χ0) is 11.5. The van der Waals surface area contributed by atoms with Crippen LogP contribution in [0.3, 0.4) is 0 Å². The van der Waals surface area contributed by atoms with E-state index in [1.165, 1.54) is 12.8 Å². The highest BCUT2D eigenvalue weighted by atomic mass is 15.2. The van der Waals surface area contributed by atoms with Crippen LogP contribution in [-0.2, 0) is 0 Å². The van der Waals surface area contributed by atoms with Crippen molar-refractivity contribution in [2.75, 3.05) is 23.7 Å². The number of nitrogen functional groups attached to an aromatic ring is 1. The van der Waals surface area contributed by atoms with Crippen molar-refractivity contribution >= 4 is 11.5 Å². The molecule has 0 saturated carbocycles. The maximum Gasteiger partial charge on any atom is 0.146 e. The standard InChI is InChI=1S/C12H16N4/c1-2-9-3-4-16(8-9)12-10(6-13)5-11(14)7-15-12/h5,7,9H,2-4,8,14H2,1H3. The molecule has 1 atom stereocenters. The topological polar surface area (TPSA) is 65.9 Å². The molecule has 1 unspecified atom stereocenters. The van der Waals surface area contributed by atoms with Gasteiger partial charge in [-0.05, 0) is 18.4 Å². The van der Waals surface area contributed by atoms with Gasteiger partial charge in [-0.25, -0.2) is 4.98 Å². The van der Waals surface area contributed by atoms with Crippen molar-refractivity contribution in [3.05, 3.63) is 17.8 Å². The number of aromatic nitrogens is 1. The number of nitrogens with two attached hydrogens (primary N) is 1. The fraction of sp³-hybridized carbons (Fsp3) is 0.500. The third-order valence-corrected chi connectivity index (χ3v) is 3.17. The summed E-state index contributed by atoms with van der Waals surface area (Å²) in [5.41, 5.74) is 6.75. The molecular weight excluding hydrogens is 200 g/mol. The average molecular weight is 216 g/mol. The second-order valence-corrected chi connectivity index (χ2v) is 4.26. The Hall–Kier alpha value is -1.76. The predicted octanol–water partition coefficient (Wildman–Crippen LogP) is 1.77. The molecular formula is C12H16N4. The largest absolute Gasteiger partial charge is 0.397 e. The molecule has 84 valence electrons. The zero-order valence-electron chi connectivity index (χ0n) is 9.48. The van der Waals surface area contributed by atoms with Gasteiger partial charge in [-0.1, -0.05) is 13.3 Å². The minimum atomic E-state index is 0.548. The van der Waals surface area contributed by atoms with Gasteiger partial charge in [0.25, 0.3) is 0 Å². The van der Waals surface area contributed by atoms with Crippen LogP contribution in [0, 0.1) is 17.2 Å². The Morgan fingerprint density at radius 2 is 2.50 bits per heavy atom. The van der Waals surface area contributed by atoms with Crippen LogP contribution in [0.1, 0.15) is 25.3 Å². The van der Waals surface area contributed by atoms with Crippen molar-refractivity contribution in [2.24, 2.45) is 5.92 Å². The Labute approximate surface area is 95.7 Å². The van der Waals surface area contributed by atoms with Gasteiger partial charge in [0.1, 0.15) is 11.9 Å². The number of nitrogens with zero attached hydrogens (tertiary/aromatic N) is 3. The third-order valence-electron chi connectivity index (χ3n) is 3.17. The molecule has 0 aromatic carbocycles. The third kappa shape index (κ3) is 1.94. The second-order valence-electron chi connectivity index (χ2n) is 4.26. The summed E-state index contributed by atoms with van der Waals surface area (Å²) < 4.78 is 0. The van der Waals surface area contributed by atoms with Gasteiger partial charge in [-0.15, -0.1) is 0 Å². The minimum Gasteiger partial charge on any atom is -0.397 e. The molecule has 1 aromatic heterocycles. The lowest BCUT2D eigenvalue weighted by atomic mass is 10.1. The first-order valence-electron chi connectivity index (χ1n) is 5.65. The maximum absolute atomic E-state index is 9.05. The van der Waals surface area contributed by atoms with Crippen molar-refractivity contribution in [3.63, 3.8) is 0 Å². The zero-order valence-corrected chi connectivity index (χ0v) is 9.48. The van der Waals surface area contributed by atoms with Crippen LogP contribution in [0.25, 0.3) is 0 Å². The van der Waals surface area contributed by atoms with Crippen LogP contribution < -0.4 is 10.6 Å². The van der Waals surface area contributed by atoms with E-state index in [0.29, 0.717) is 11.3 Å². The number of hydrogen-bond acceptors (Lipinski definition) is 4. The molecule has 4 nitrogen and oxygen atoms in total. The number of hydrogen-bond donors (Lipinski definition) is 1. The monoisotopic (exact) mass is 216 g/mol. The van der Waals surface area contributed by atoms with Crippen molar-refractivity contribution in [1.29, 1.82) is 5.26 Å². The maximum atomic E-state index is 9.05. The van der Waals surface area contributed by atoms with Gasteiger partial charge in [0, 0.05) is 13.1 Å². The van der Waals surface area contributed by atoms with E-state index in [-0.39, 0.29) is 0 Å². The van der Waals surface area contributed by atoms with Crippen LogP contribution in [0.4, 0.5) is 11.5 Å². The molecule has 0 bridgehead atoms. The Morgan fingerprint density at radius 3 is 3.12 bits per heavy atom. The first-order chi connectivity index (χ1) is 7.74. The fourth-order valence-electron chi connectivity index (χ4n) is 2.17. The SMILES string of the molecule is CCC1CCN(c2ncc(N)cc2C#N)C1. The average Bonchev–Trinajstić information content (AvgIpc) is 2.77. The molecule has 16 heavy (non-hydrogen) atoms. The Bertz CT molecular complexity index is 422. The molecule has 0 spiro atoms. The van der Waals surface area contributed by atoms with E-state index in [9.17, 15) is 0 Å². The van der Waals surface area contributed by atoms with Gasteiger partial charge in [-0.2, -0.15) is 5.26 Å². The van der Waals surface area contributed by atoms with Gasteiger partial charge in [0.05, 0.1) is 17.4 Å². The van der Waals surface area contributed by atoms with Crippen LogP contribution in [0.15, 0.2) is 12.3 Å². The molecule has 2 N–H and O–H groups in total. The molecule has 1 aliphatic rings. The lowest BCUT2D eigenvalue weighted by molar-refractivity contribution is 0.568. The summed E-state index contributed by atoms with van der Waals surface area (Å²) in [4.78, 5) is 6.46. The summed E-state index contributed by atoms with van der Waals surface area (Å²) in [7, 11) is 0. The summed E-state index contributed by atoms with van der Waals surface area (Å²) in [6, 6.07) is 3.86. The summed E-state index contributed by atoms with van der Waals surface area (Å²) in [5.74, 6) is 1.51. The molecule has 0 radical (unpaired) electrons. The van der Waals surface area contributed by atoms with Crippen LogP contribution in [-0.4, -0.2) is 18.1 Å². The van der Waals surface area contributed by atoms with E-state index >= 15 is 0 Å². The van der Waals surface area contributed by atoms with Crippen LogP contribution in [0.5, 0.6) is 0 Å². The smallest absolute Gasteiger partial charge is 0.146 e. The molecule has 1 aromatic rings. The highest BCUT2D eigenvalue weighted by Crippen LogP contribution is 2.27. The molecule has 1 aliphatic heterocycles.